The van der Waals surface area contributed by atoms with Gasteiger partial charge < -0.3 is 14.8 Å². The molecular formula is C11H17N3O2. The van der Waals surface area contributed by atoms with Crippen LogP contribution in [-0.4, -0.2) is 35.8 Å². The Kier molecular flexibility index (Phi) is 3.56. The summed E-state index contributed by atoms with van der Waals surface area (Å²) in [6, 6.07) is 0.232. The van der Waals surface area contributed by atoms with Gasteiger partial charge in [0.2, 0.25) is 5.95 Å². The summed E-state index contributed by atoms with van der Waals surface area (Å²) in [5.41, 5.74) is 0. The molecule has 0 aliphatic carbocycles. The van der Waals surface area contributed by atoms with E-state index in [1.165, 1.54) is 0 Å². The lowest BCUT2D eigenvalue weighted by Crippen LogP contribution is -2.30. The van der Waals surface area contributed by atoms with Crippen molar-refractivity contribution in [1.29, 1.82) is 0 Å². The number of hydrogen-bond acceptors (Lipinski definition) is 5. The number of hydrogen-bond donors (Lipinski definition) is 1. The maximum atomic E-state index is 5.59. The first-order chi connectivity index (χ1) is 7.79. The van der Waals surface area contributed by atoms with Crippen LogP contribution in [0.5, 0.6) is 5.75 Å². The SMILES string of the molecule is COc1cnc(NC(C)C2CCCO2)nc1. The lowest BCUT2D eigenvalue weighted by atomic mass is 10.1. The molecular weight excluding hydrogens is 206 g/mol. The Morgan fingerprint density at radius 2 is 2.25 bits per heavy atom. The highest BCUT2D eigenvalue weighted by Crippen LogP contribution is 2.17. The van der Waals surface area contributed by atoms with Crippen LogP contribution in [0.4, 0.5) is 5.95 Å². The maximum Gasteiger partial charge on any atom is 0.223 e. The summed E-state index contributed by atoms with van der Waals surface area (Å²) < 4.78 is 10.6. The van der Waals surface area contributed by atoms with Crippen molar-refractivity contribution in [3.63, 3.8) is 0 Å². The summed E-state index contributed by atoms with van der Waals surface area (Å²) in [5.74, 6) is 1.28. The van der Waals surface area contributed by atoms with Crippen LogP contribution < -0.4 is 10.1 Å². The third-order valence-electron chi connectivity index (χ3n) is 2.74. The van der Waals surface area contributed by atoms with Gasteiger partial charge in [0, 0.05) is 6.61 Å². The summed E-state index contributed by atoms with van der Waals surface area (Å²) in [6.07, 6.45) is 5.81. The van der Waals surface area contributed by atoms with Gasteiger partial charge in [0.05, 0.1) is 31.6 Å². The van der Waals surface area contributed by atoms with Crippen molar-refractivity contribution in [2.45, 2.75) is 31.9 Å². The molecule has 2 unspecified atom stereocenters. The molecule has 1 N–H and O–H groups in total. The van der Waals surface area contributed by atoms with E-state index in [1.54, 1.807) is 19.5 Å². The van der Waals surface area contributed by atoms with Gasteiger partial charge >= 0.3 is 0 Å². The standard InChI is InChI=1S/C11H17N3O2/c1-8(10-4-3-5-16-10)14-11-12-6-9(15-2)7-13-11/h6-8,10H,3-5H2,1-2H3,(H,12,13,14). The van der Waals surface area contributed by atoms with Gasteiger partial charge in [0.1, 0.15) is 0 Å². The Balaban J connectivity index is 1.92. The number of aromatic nitrogens is 2. The Hall–Kier alpha value is -1.36. The van der Waals surface area contributed by atoms with E-state index < -0.39 is 0 Å². The van der Waals surface area contributed by atoms with E-state index in [0.29, 0.717) is 11.7 Å². The number of anilines is 1. The first-order valence-electron chi connectivity index (χ1n) is 5.54. The molecule has 0 radical (unpaired) electrons. The molecule has 1 fully saturated rings. The summed E-state index contributed by atoms with van der Waals surface area (Å²) in [6.45, 7) is 2.95. The lowest BCUT2D eigenvalue weighted by Gasteiger charge is -2.19. The monoisotopic (exact) mass is 223 g/mol. The molecule has 1 aliphatic rings. The molecule has 1 saturated heterocycles. The van der Waals surface area contributed by atoms with Crippen LogP contribution in [0.3, 0.4) is 0 Å². The second-order valence-electron chi connectivity index (χ2n) is 3.93. The second-order valence-corrected chi connectivity index (χ2v) is 3.93. The van der Waals surface area contributed by atoms with Crippen LogP contribution in [0.1, 0.15) is 19.8 Å². The summed E-state index contributed by atoms with van der Waals surface area (Å²) in [7, 11) is 1.60. The van der Waals surface area contributed by atoms with E-state index >= 15 is 0 Å². The zero-order chi connectivity index (χ0) is 11.4. The summed E-state index contributed by atoms with van der Waals surface area (Å²) >= 11 is 0. The van der Waals surface area contributed by atoms with Crippen LogP contribution in [-0.2, 0) is 4.74 Å². The van der Waals surface area contributed by atoms with Gasteiger partial charge in [0.25, 0.3) is 0 Å². The Morgan fingerprint density at radius 3 is 2.81 bits per heavy atom. The van der Waals surface area contributed by atoms with Crippen molar-refractivity contribution in [2.75, 3.05) is 19.0 Å². The fourth-order valence-corrected chi connectivity index (χ4v) is 1.79. The van der Waals surface area contributed by atoms with Gasteiger partial charge in [-0.05, 0) is 19.8 Å². The molecule has 0 aromatic carbocycles. The highest BCUT2D eigenvalue weighted by Gasteiger charge is 2.22. The highest BCUT2D eigenvalue weighted by atomic mass is 16.5. The van der Waals surface area contributed by atoms with Gasteiger partial charge in [0.15, 0.2) is 5.75 Å². The van der Waals surface area contributed by atoms with Crippen molar-refractivity contribution in [1.82, 2.24) is 9.97 Å². The van der Waals surface area contributed by atoms with Crippen LogP contribution in [0.15, 0.2) is 12.4 Å². The van der Waals surface area contributed by atoms with Crippen molar-refractivity contribution < 1.29 is 9.47 Å². The molecule has 1 aromatic rings. The second kappa shape index (κ2) is 5.12. The number of methoxy groups -OCH3 is 1. The largest absolute Gasteiger partial charge is 0.494 e. The van der Waals surface area contributed by atoms with Crippen molar-refractivity contribution in [3.8, 4) is 5.75 Å². The first kappa shape index (κ1) is 11.1. The third kappa shape index (κ3) is 2.61. The molecule has 0 spiro atoms. The van der Waals surface area contributed by atoms with Crippen LogP contribution in [0, 0.1) is 0 Å². The quantitative estimate of drug-likeness (QED) is 0.837. The molecule has 0 amide bonds. The molecule has 2 rings (SSSR count). The van der Waals surface area contributed by atoms with Gasteiger partial charge in [-0.3, -0.25) is 0 Å². The lowest BCUT2D eigenvalue weighted by molar-refractivity contribution is 0.0994. The van der Waals surface area contributed by atoms with Crippen LogP contribution in [0.2, 0.25) is 0 Å². The third-order valence-corrected chi connectivity index (χ3v) is 2.74. The van der Waals surface area contributed by atoms with Crippen molar-refractivity contribution in [3.05, 3.63) is 12.4 Å². The molecule has 1 aromatic heterocycles. The molecule has 5 nitrogen and oxygen atoms in total. The molecule has 2 heterocycles. The number of nitrogens with one attached hydrogen (secondary N) is 1. The van der Waals surface area contributed by atoms with Crippen molar-refractivity contribution in [2.24, 2.45) is 0 Å². The van der Waals surface area contributed by atoms with Crippen LogP contribution >= 0.6 is 0 Å². The molecule has 5 heteroatoms. The summed E-state index contributed by atoms with van der Waals surface area (Å²) in [5, 5.41) is 3.23. The highest BCUT2D eigenvalue weighted by molar-refractivity contribution is 5.28. The Bertz CT molecular complexity index is 323. The minimum atomic E-state index is 0.232. The number of rotatable bonds is 4. The molecule has 0 saturated carbocycles. The maximum absolute atomic E-state index is 5.59. The fourth-order valence-electron chi connectivity index (χ4n) is 1.79. The summed E-state index contributed by atoms with van der Waals surface area (Å²) in [4.78, 5) is 8.32. The van der Waals surface area contributed by atoms with Crippen LogP contribution in [0.25, 0.3) is 0 Å². The first-order valence-corrected chi connectivity index (χ1v) is 5.54. The average molecular weight is 223 g/mol. The molecule has 2 atom stereocenters. The van der Waals surface area contributed by atoms with Gasteiger partial charge in [-0.2, -0.15) is 0 Å². The number of nitrogens with zero attached hydrogens (tertiary/aromatic N) is 2. The molecule has 88 valence electrons. The van der Waals surface area contributed by atoms with Crippen molar-refractivity contribution >= 4 is 5.95 Å². The Labute approximate surface area is 95.2 Å². The molecule has 1 aliphatic heterocycles. The fraction of sp³-hybridized carbons (Fsp3) is 0.636. The predicted molar refractivity (Wildman–Crippen MR) is 60.6 cm³/mol. The molecule has 0 bridgehead atoms. The smallest absolute Gasteiger partial charge is 0.223 e. The van der Waals surface area contributed by atoms with Gasteiger partial charge in [-0.1, -0.05) is 0 Å². The minimum Gasteiger partial charge on any atom is -0.494 e. The van der Waals surface area contributed by atoms with E-state index in [2.05, 4.69) is 22.2 Å². The zero-order valence-corrected chi connectivity index (χ0v) is 9.64. The van der Waals surface area contributed by atoms with Gasteiger partial charge in [-0.15, -0.1) is 0 Å². The zero-order valence-electron chi connectivity index (χ0n) is 9.64. The minimum absolute atomic E-state index is 0.232. The number of ether oxygens (including phenoxy) is 2. The van der Waals surface area contributed by atoms with E-state index in [1.807, 2.05) is 0 Å². The normalized spacial score (nSPS) is 21.8. The van der Waals surface area contributed by atoms with E-state index in [4.69, 9.17) is 9.47 Å². The Morgan fingerprint density at radius 1 is 1.50 bits per heavy atom. The van der Waals surface area contributed by atoms with E-state index in [-0.39, 0.29) is 12.1 Å². The van der Waals surface area contributed by atoms with E-state index in [9.17, 15) is 0 Å². The topological polar surface area (TPSA) is 56.3 Å². The van der Waals surface area contributed by atoms with E-state index in [0.717, 1.165) is 19.4 Å². The predicted octanol–water partition coefficient (Wildman–Crippen LogP) is 1.46. The molecule has 16 heavy (non-hydrogen) atoms. The van der Waals surface area contributed by atoms with Gasteiger partial charge in [-0.25, -0.2) is 9.97 Å². The average Bonchev–Trinajstić information content (AvgIpc) is 2.83.